The molecule has 0 aromatic carbocycles. The van der Waals surface area contributed by atoms with Crippen LogP contribution in [0.1, 0.15) is 20.8 Å². The first-order chi connectivity index (χ1) is 6.53. The molecule has 0 aromatic heterocycles. The number of nitrogens with zero attached hydrogens (tertiary/aromatic N) is 1. The van der Waals surface area contributed by atoms with E-state index in [0.717, 1.165) is 16.7 Å². The van der Waals surface area contributed by atoms with Gasteiger partial charge in [-0.25, -0.2) is 0 Å². The predicted octanol–water partition coefficient (Wildman–Crippen LogP) is 1.23. The van der Waals surface area contributed by atoms with E-state index >= 15 is 0 Å². The number of thioether (sulfide) groups is 1. The lowest BCUT2D eigenvalue weighted by molar-refractivity contribution is 0.536. The molecule has 3 nitrogen and oxygen atoms in total. The topological polar surface area (TPSA) is 41.5 Å². The highest BCUT2D eigenvalue weighted by Gasteiger charge is 2.26. The van der Waals surface area contributed by atoms with E-state index in [2.05, 4.69) is 24.2 Å². The van der Waals surface area contributed by atoms with Crippen molar-refractivity contribution in [3.05, 3.63) is 0 Å². The molecule has 0 bridgehead atoms. The standard InChI is InChI=1S/C9H18N2OS2/c1-4-14(12)6-5-10-8-11-9(2,3)7-13-8/h4-7H2,1-3H3,(H,10,11). The third-order valence-corrected chi connectivity index (χ3v) is 4.56. The molecule has 1 rings (SSSR count). The van der Waals surface area contributed by atoms with Gasteiger partial charge in [0.15, 0.2) is 5.17 Å². The van der Waals surface area contributed by atoms with E-state index in [0.29, 0.717) is 12.3 Å². The van der Waals surface area contributed by atoms with Crippen LogP contribution in [0.15, 0.2) is 4.99 Å². The van der Waals surface area contributed by atoms with Gasteiger partial charge in [-0.05, 0) is 13.8 Å². The summed E-state index contributed by atoms with van der Waals surface area (Å²) in [7, 11) is -0.690. The van der Waals surface area contributed by atoms with Crippen molar-refractivity contribution < 1.29 is 4.21 Å². The number of amidine groups is 1. The van der Waals surface area contributed by atoms with Crippen LogP contribution in [-0.2, 0) is 10.8 Å². The second kappa shape index (κ2) is 5.16. The van der Waals surface area contributed by atoms with Gasteiger partial charge in [0, 0.05) is 33.6 Å². The highest BCUT2D eigenvalue weighted by molar-refractivity contribution is 8.14. The molecule has 5 heteroatoms. The molecule has 0 amide bonds. The van der Waals surface area contributed by atoms with Crippen molar-refractivity contribution in [2.24, 2.45) is 4.99 Å². The molecule has 0 spiro atoms. The fourth-order valence-corrected chi connectivity index (χ4v) is 2.77. The molecule has 1 heterocycles. The largest absolute Gasteiger partial charge is 0.359 e. The van der Waals surface area contributed by atoms with E-state index in [4.69, 9.17) is 0 Å². The van der Waals surface area contributed by atoms with E-state index in [1.165, 1.54) is 0 Å². The maximum Gasteiger partial charge on any atom is 0.157 e. The van der Waals surface area contributed by atoms with E-state index in [-0.39, 0.29) is 5.54 Å². The minimum Gasteiger partial charge on any atom is -0.359 e. The van der Waals surface area contributed by atoms with Gasteiger partial charge in [0.2, 0.25) is 0 Å². The molecule has 0 radical (unpaired) electrons. The van der Waals surface area contributed by atoms with Crippen LogP contribution in [-0.4, -0.2) is 38.7 Å². The van der Waals surface area contributed by atoms with Crippen LogP contribution in [0.5, 0.6) is 0 Å². The summed E-state index contributed by atoms with van der Waals surface area (Å²) in [6, 6.07) is 0. The molecule has 1 N–H and O–H groups in total. The molecule has 1 aliphatic heterocycles. The fourth-order valence-electron chi connectivity index (χ4n) is 1.09. The Morgan fingerprint density at radius 3 is 2.86 bits per heavy atom. The van der Waals surface area contributed by atoms with Crippen molar-refractivity contribution in [3.63, 3.8) is 0 Å². The summed E-state index contributed by atoms with van der Waals surface area (Å²) in [5, 5.41) is 4.34. The van der Waals surface area contributed by atoms with Crippen LogP contribution < -0.4 is 5.32 Å². The van der Waals surface area contributed by atoms with Gasteiger partial charge >= 0.3 is 0 Å². The van der Waals surface area contributed by atoms with Gasteiger partial charge in [-0.3, -0.25) is 9.20 Å². The molecule has 1 aliphatic rings. The average molecular weight is 234 g/mol. The number of hydrogen-bond acceptors (Lipinski definition) is 3. The van der Waals surface area contributed by atoms with E-state index in [9.17, 15) is 4.21 Å². The van der Waals surface area contributed by atoms with E-state index < -0.39 is 10.8 Å². The third kappa shape index (κ3) is 4.00. The molecule has 0 aliphatic carbocycles. The first-order valence-corrected chi connectivity index (χ1v) is 7.31. The lowest BCUT2D eigenvalue weighted by Crippen LogP contribution is -2.37. The molecule has 1 unspecified atom stereocenters. The van der Waals surface area contributed by atoms with Crippen molar-refractivity contribution in [1.82, 2.24) is 5.32 Å². The van der Waals surface area contributed by atoms with Crippen LogP contribution in [0.3, 0.4) is 0 Å². The van der Waals surface area contributed by atoms with Crippen molar-refractivity contribution >= 4 is 27.7 Å². The Bertz CT molecular complexity index is 251. The van der Waals surface area contributed by atoms with Gasteiger partial charge in [-0.2, -0.15) is 0 Å². The molecule has 0 saturated carbocycles. The number of aliphatic imine (C=N–C) groups is 1. The van der Waals surface area contributed by atoms with Gasteiger partial charge in [-0.1, -0.05) is 18.7 Å². The lowest BCUT2D eigenvalue weighted by Gasteiger charge is -2.15. The monoisotopic (exact) mass is 234 g/mol. The minimum atomic E-state index is -0.690. The van der Waals surface area contributed by atoms with Crippen molar-refractivity contribution in [2.75, 3.05) is 23.8 Å². The van der Waals surface area contributed by atoms with E-state index in [1.54, 1.807) is 11.8 Å². The van der Waals surface area contributed by atoms with Crippen LogP contribution >= 0.6 is 11.8 Å². The number of rotatable bonds is 4. The Kier molecular flexibility index (Phi) is 4.44. The number of nitrogens with one attached hydrogen (secondary N) is 1. The molecular formula is C9H18N2OS2. The lowest BCUT2D eigenvalue weighted by atomic mass is 10.1. The van der Waals surface area contributed by atoms with Crippen molar-refractivity contribution in [1.29, 1.82) is 0 Å². The average Bonchev–Trinajstić information content (AvgIpc) is 2.45. The fraction of sp³-hybridized carbons (Fsp3) is 0.889. The molecule has 0 aromatic rings. The maximum atomic E-state index is 11.1. The Balaban J connectivity index is 2.30. The SMILES string of the molecule is CCS(=O)CCN=C1NC(C)(C)CS1. The van der Waals surface area contributed by atoms with Crippen molar-refractivity contribution in [2.45, 2.75) is 26.3 Å². The first-order valence-electron chi connectivity index (χ1n) is 4.84. The molecule has 82 valence electrons. The van der Waals surface area contributed by atoms with Crippen LogP contribution in [0.2, 0.25) is 0 Å². The first kappa shape index (κ1) is 12.0. The zero-order valence-electron chi connectivity index (χ0n) is 9.00. The molecule has 1 fully saturated rings. The highest BCUT2D eigenvalue weighted by atomic mass is 32.2. The van der Waals surface area contributed by atoms with Gasteiger partial charge < -0.3 is 5.32 Å². The summed E-state index contributed by atoms with van der Waals surface area (Å²) in [6.07, 6.45) is 0. The highest BCUT2D eigenvalue weighted by Crippen LogP contribution is 2.21. The third-order valence-electron chi connectivity index (χ3n) is 1.91. The zero-order chi connectivity index (χ0) is 10.6. The predicted molar refractivity (Wildman–Crippen MR) is 65.5 cm³/mol. The quantitative estimate of drug-likeness (QED) is 0.795. The van der Waals surface area contributed by atoms with Crippen LogP contribution in [0.4, 0.5) is 0 Å². The Labute approximate surface area is 92.6 Å². The second-order valence-electron chi connectivity index (χ2n) is 3.92. The van der Waals surface area contributed by atoms with Gasteiger partial charge in [0.05, 0.1) is 6.54 Å². The molecular weight excluding hydrogens is 216 g/mol. The second-order valence-corrected chi connectivity index (χ2v) is 6.75. The summed E-state index contributed by atoms with van der Waals surface area (Å²) in [5.74, 6) is 2.47. The zero-order valence-corrected chi connectivity index (χ0v) is 10.6. The summed E-state index contributed by atoms with van der Waals surface area (Å²) < 4.78 is 11.1. The van der Waals surface area contributed by atoms with Crippen LogP contribution in [0.25, 0.3) is 0 Å². The van der Waals surface area contributed by atoms with Gasteiger partial charge in [-0.15, -0.1) is 0 Å². The summed E-state index contributed by atoms with van der Waals surface area (Å²) in [4.78, 5) is 4.38. The number of hydrogen-bond donors (Lipinski definition) is 1. The van der Waals surface area contributed by atoms with Gasteiger partial charge in [0.25, 0.3) is 0 Å². The smallest absolute Gasteiger partial charge is 0.157 e. The summed E-state index contributed by atoms with van der Waals surface area (Å²) >= 11 is 1.75. The maximum absolute atomic E-state index is 11.1. The van der Waals surface area contributed by atoms with Crippen LogP contribution in [0, 0.1) is 0 Å². The molecule has 1 atom stereocenters. The van der Waals surface area contributed by atoms with Gasteiger partial charge in [0.1, 0.15) is 0 Å². The summed E-state index contributed by atoms with van der Waals surface area (Å²) in [6.45, 7) is 6.93. The molecule has 1 saturated heterocycles. The van der Waals surface area contributed by atoms with Crippen molar-refractivity contribution in [3.8, 4) is 0 Å². The Morgan fingerprint density at radius 2 is 2.36 bits per heavy atom. The van der Waals surface area contributed by atoms with E-state index in [1.807, 2.05) is 6.92 Å². The Morgan fingerprint density at radius 1 is 1.64 bits per heavy atom. The Hall–Kier alpha value is -0.0300. The molecule has 14 heavy (non-hydrogen) atoms. The minimum absolute atomic E-state index is 0.160. The summed E-state index contributed by atoms with van der Waals surface area (Å²) in [5.41, 5.74) is 0.160. The normalized spacial score (nSPS) is 24.9.